The van der Waals surface area contributed by atoms with E-state index in [4.69, 9.17) is 5.73 Å². The van der Waals surface area contributed by atoms with E-state index in [-0.39, 0.29) is 11.4 Å². The van der Waals surface area contributed by atoms with Crippen molar-refractivity contribution in [1.29, 1.82) is 0 Å². The van der Waals surface area contributed by atoms with E-state index in [1.807, 2.05) is 20.8 Å². The zero-order valence-electron chi connectivity index (χ0n) is 9.09. The largest absolute Gasteiger partial charge is 0.397 e. The highest BCUT2D eigenvalue weighted by Crippen LogP contribution is 2.10. The van der Waals surface area contributed by atoms with Crippen molar-refractivity contribution in [3.05, 3.63) is 18.0 Å². The Morgan fingerprint density at radius 3 is 2.43 bits per heavy atom. The molecule has 1 rings (SSSR count). The van der Waals surface area contributed by atoms with Gasteiger partial charge in [0.25, 0.3) is 5.91 Å². The van der Waals surface area contributed by atoms with Crippen LogP contribution in [0.3, 0.4) is 0 Å². The number of carbonyl (C=O) groups excluding carboxylic acids is 1. The van der Waals surface area contributed by atoms with E-state index in [2.05, 4.69) is 5.32 Å². The number of aromatic nitrogens is 1. The van der Waals surface area contributed by atoms with Gasteiger partial charge >= 0.3 is 0 Å². The lowest BCUT2D eigenvalue weighted by molar-refractivity contribution is 0.0911. The zero-order chi connectivity index (χ0) is 10.9. The molecule has 14 heavy (non-hydrogen) atoms. The van der Waals surface area contributed by atoms with Crippen molar-refractivity contribution in [3.8, 4) is 0 Å². The summed E-state index contributed by atoms with van der Waals surface area (Å²) in [4.78, 5) is 11.7. The molecule has 0 atom stereocenters. The minimum absolute atomic E-state index is 0.100. The third-order valence-electron chi connectivity index (χ3n) is 1.75. The van der Waals surface area contributed by atoms with Gasteiger partial charge in [-0.1, -0.05) is 0 Å². The molecule has 1 aromatic heterocycles. The van der Waals surface area contributed by atoms with E-state index in [1.165, 1.54) is 0 Å². The van der Waals surface area contributed by atoms with Gasteiger partial charge in [-0.15, -0.1) is 0 Å². The average Bonchev–Trinajstić information content (AvgIpc) is 2.26. The fourth-order valence-corrected chi connectivity index (χ4v) is 1.22. The monoisotopic (exact) mass is 195 g/mol. The number of aryl methyl sites for hydroxylation is 1. The van der Waals surface area contributed by atoms with Gasteiger partial charge in [-0.2, -0.15) is 0 Å². The third kappa shape index (κ3) is 2.52. The minimum Gasteiger partial charge on any atom is -0.397 e. The van der Waals surface area contributed by atoms with Gasteiger partial charge in [-0.3, -0.25) is 4.79 Å². The summed E-state index contributed by atoms with van der Waals surface area (Å²) < 4.78 is 1.72. The summed E-state index contributed by atoms with van der Waals surface area (Å²) >= 11 is 0. The summed E-state index contributed by atoms with van der Waals surface area (Å²) in [6.45, 7) is 5.82. The molecule has 1 amide bonds. The Labute approximate surface area is 84.1 Å². The Hall–Kier alpha value is -1.45. The molecule has 0 aliphatic carbocycles. The topological polar surface area (TPSA) is 60.0 Å². The first-order valence-corrected chi connectivity index (χ1v) is 4.54. The zero-order valence-corrected chi connectivity index (χ0v) is 9.09. The number of anilines is 1. The summed E-state index contributed by atoms with van der Waals surface area (Å²) in [6, 6.07) is 1.67. The fourth-order valence-electron chi connectivity index (χ4n) is 1.22. The number of hydrogen-bond acceptors (Lipinski definition) is 2. The molecule has 0 spiro atoms. The molecule has 3 N–H and O–H groups in total. The van der Waals surface area contributed by atoms with Crippen LogP contribution in [-0.2, 0) is 7.05 Å². The highest BCUT2D eigenvalue weighted by molar-refractivity contribution is 5.94. The number of nitrogens with two attached hydrogens (primary N) is 1. The quantitative estimate of drug-likeness (QED) is 0.705. The van der Waals surface area contributed by atoms with Gasteiger partial charge in [0.15, 0.2) is 0 Å². The van der Waals surface area contributed by atoms with E-state index in [9.17, 15) is 4.79 Å². The van der Waals surface area contributed by atoms with E-state index in [1.54, 1.807) is 23.9 Å². The maximum Gasteiger partial charge on any atom is 0.268 e. The van der Waals surface area contributed by atoms with Crippen LogP contribution in [0.5, 0.6) is 0 Å². The molecule has 0 saturated heterocycles. The van der Waals surface area contributed by atoms with Crippen LogP contribution in [0.1, 0.15) is 31.3 Å². The summed E-state index contributed by atoms with van der Waals surface area (Å²) in [5.41, 5.74) is 6.54. The fraction of sp³-hybridized carbons (Fsp3) is 0.500. The van der Waals surface area contributed by atoms with Crippen LogP contribution in [0.4, 0.5) is 5.69 Å². The molecule has 0 aliphatic rings. The lowest BCUT2D eigenvalue weighted by Crippen LogP contribution is -2.41. The van der Waals surface area contributed by atoms with E-state index >= 15 is 0 Å². The van der Waals surface area contributed by atoms with Gasteiger partial charge in [0.05, 0.1) is 5.69 Å². The standard InChI is InChI=1S/C10H17N3O/c1-10(2,3)12-9(14)8-5-7(11)6-13(8)4/h5-6H,11H2,1-4H3,(H,12,14). The first-order valence-electron chi connectivity index (χ1n) is 4.54. The predicted octanol–water partition coefficient (Wildman–Crippen LogP) is 1.14. The van der Waals surface area contributed by atoms with Crippen LogP contribution < -0.4 is 11.1 Å². The van der Waals surface area contributed by atoms with Crippen molar-refractivity contribution in [2.45, 2.75) is 26.3 Å². The third-order valence-corrected chi connectivity index (χ3v) is 1.75. The summed E-state index contributed by atoms with van der Waals surface area (Å²) in [7, 11) is 1.80. The molecule has 0 fully saturated rings. The van der Waals surface area contributed by atoms with E-state index in [0.717, 1.165) is 0 Å². The van der Waals surface area contributed by atoms with Crippen molar-refractivity contribution in [2.75, 3.05) is 5.73 Å². The number of rotatable bonds is 1. The average molecular weight is 195 g/mol. The molecular weight excluding hydrogens is 178 g/mol. The Balaban J connectivity index is 2.85. The molecule has 1 heterocycles. The molecule has 4 heteroatoms. The number of amides is 1. The normalized spacial score (nSPS) is 11.4. The summed E-state index contributed by atoms with van der Waals surface area (Å²) in [5, 5.41) is 2.87. The van der Waals surface area contributed by atoms with Crippen molar-refractivity contribution in [2.24, 2.45) is 7.05 Å². The second-order valence-corrected chi connectivity index (χ2v) is 4.47. The van der Waals surface area contributed by atoms with Crippen LogP contribution in [0.15, 0.2) is 12.3 Å². The Bertz CT molecular complexity index is 347. The molecule has 0 aliphatic heterocycles. The first-order chi connectivity index (χ1) is 6.29. The highest BCUT2D eigenvalue weighted by Gasteiger charge is 2.17. The molecule has 0 saturated carbocycles. The van der Waals surface area contributed by atoms with Gasteiger partial charge in [-0.05, 0) is 26.8 Å². The van der Waals surface area contributed by atoms with Crippen molar-refractivity contribution in [1.82, 2.24) is 9.88 Å². The second kappa shape index (κ2) is 3.36. The van der Waals surface area contributed by atoms with Crippen LogP contribution >= 0.6 is 0 Å². The van der Waals surface area contributed by atoms with Gasteiger partial charge in [0, 0.05) is 18.8 Å². The number of nitrogen functional groups attached to an aromatic ring is 1. The Kier molecular flexibility index (Phi) is 2.55. The van der Waals surface area contributed by atoms with Crippen LogP contribution in [-0.4, -0.2) is 16.0 Å². The first kappa shape index (κ1) is 10.6. The molecule has 0 bridgehead atoms. The van der Waals surface area contributed by atoms with Gasteiger partial charge in [0.1, 0.15) is 5.69 Å². The van der Waals surface area contributed by atoms with Crippen LogP contribution in [0.25, 0.3) is 0 Å². The maximum absolute atomic E-state index is 11.7. The maximum atomic E-state index is 11.7. The second-order valence-electron chi connectivity index (χ2n) is 4.47. The van der Waals surface area contributed by atoms with Crippen LogP contribution in [0.2, 0.25) is 0 Å². The lowest BCUT2D eigenvalue weighted by atomic mass is 10.1. The summed E-state index contributed by atoms with van der Waals surface area (Å²) in [5.74, 6) is -0.100. The summed E-state index contributed by atoms with van der Waals surface area (Å²) in [6.07, 6.45) is 1.72. The molecule has 0 radical (unpaired) electrons. The number of hydrogen-bond donors (Lipinski definition) is 2. The van der Waals surface area contributed by atoms with E-state index in [0.29, 0.717) is 11.4 Å². The number of nitrogens with one attached hydrogen (secondary N) is 1. The van der Waals surface area contributed by atoms with Gasteiger partial charge in [-0.25, -0.2) is 0 Å². The molecular formula is C10H17N3O. The molecule has 0 unspecified atom stereocenters. The predicted molar refractivity (Wildman–Crippen MR) is 57.0 cm³/mol. The van der Waals surface area contributed by atoms with Gasteiger partial charge in [0.2, 0.25) is 0 Å². The smallest absolute Gasteiger partial charge is 0.268 e. The Morgan fingerprint density at radius 1 is 1.50 bits per heavy atom. The lowest BCUT2D eigenvalue weighted by Gasteiger charge is -2.20. The van der Waals surface area contributed by atoms with Crippen molar-refractivity contribution < 1.29 is 4.79 Å². The SMILES string of the molecule is Cn1cc(N)cc1C(=O)NC(C)(C)C. The van der Waals surface area contributed by atoms with Gasteiger partial charge < -0.3 is 15.6 Å². The number of nitrogens with zero attached hydrogens (tertiary/aromatic N) is 1. The molecule has 4 nitrogen and oxygen atoms in total. The number of carbonyl (C=O) groups is 1. The molecule has 0 aromatic carbocycles. The Morgan fingerprint density at radius 2 is 2.07 bits per heavy atom. The molecule has 78 valence electrons. The van der Waals surface area contributed by atoms with Crippen molar-refractivity contribution in [3.63, 3.8) is 0 Å². The minimum atomic E-state index is -0.226. The molecule has 1 aromatic rings. The highest BCUT2D eigenvalue weighted by atomic mass is 16.2. The van der Waals surface area contributed by atoms with Crippen LogP contribution in [0, 0.1) is 0 Å². The van der Waals surface area contributed by atoms with E-state index < -0.39 is 0 Å². The van der Waals surface area contributed by atoms with Crippen molar-refractivity contribution >= 4 is 11.6 Å².